The van der Waals surface area contributed by atoms with E-state index in [0.717, 1.165) is 0 Å². The molecule has 0 aliphatic heterocycles. The minimum Gasteiger partial charge on any atom is -0.463 e. The molecule has 1 heterocycles. The fraction of sp³-hybridized carbons (Fsp3) is 0.231. The summed E-state index contributed by atoms with van der Waals surface area (Å²) in [6, 6.07) is 7.99. The first-order chi connectivity index (χ1) is 9.56. The molecule has 0 saturated heterocycles. The first-order valence-electron chi connectivity index (χ1n) is 5.71. The zero-order valence-corrected chi connectivity index (χ0v) is 12.6. The number of halogens is 4. The number of alkyl halides is 2. The molecule has 2 nitrogen and oxygen atoms in total. The Morgan fingerprint density at radius 1 is 1.20 bits per heavy atom. The third-order valence-electron chi connectivity index (χ3n) is 2.47. The molecule has 2 rings (SSSR count). The lowest BCUT2D eigenvalue weighted by molar-refractivity contribution is 0.251. The van der Waals surface area contributed by atoms with Crippen molar-refractivity contribution in [2.75, 3.05) is 5.32 Å². The molecule has 0 bridgehead atoms. The number of anilines is 1. The molecule has 0 amide bonds. The van der Waals surface area contributed by atoms with Gasteiger partial charge in [-0.2, -0.15) is 8.78 Å². The van der Waals surface area contributed by atoms with Crippen LogP contribution in [0.1, 0.15) is 11.5 Å². The predicted molar refractivity (Wildman–Crippen MR) is 77.4 cm³/mol. The maximum atomic E-state index is 13.6. The van der Waals surface area contributed by atoms with Crippen molar-refractivity contribution in [3.05, 3.63) is 52.1 Å². The monoisotopic (exact) mass is 365 g/mol. The normalized spacial score (nSPS) is 11.1. The van der Waals surface area contributed by atoms with Crippen molar-refractivity contribution in [2.24, 2.45) is 0 Å². The van der Waals surface area contributed by atoms with Crippen LogP contribution in [0.2, 0.25) is 0 Å². The molecule has 0 aliphatic carbocycles. The standard InChI is InChI=1S/C13H11BrF3NOS/c14-10-2-1-3-11(15)12(10)18-6-8-4-5-9(19-8)7-20-13(16)17/h1-5,13,18H,6-7H2. The number of nitrogens with one attached hydrogen (secondary N) is 1. The van der Waals surface area contributed by atoms with E-state index in [1.54, 1.807) is 24.3 Å². The Labute approximate surface area is 126 Å². The third-order valence-corrected chi connectivity index (χ3v) is 3.84. The second kappa shape index (κ2) is 7.08. The van der Waals surface area contributed by atoms with Gasteiger partial charge in [0.15, 0.2) is 0 Å². The maximum Gasteiger partial charge on any atom is 0.284 e. The summed E-state index contributed by atoms with van der Waals surface area (Å²) in [6.07, 6.45) is 0. The second-order valence-electron chi connectivity index (χ2n) is 3.89. The van der Waals surface area contributed by atoms with E-state index in [1.165, 1.54) is 6.07 Å². The molecule has 7 heteroatoms. The summed E-state index contributed by atoms with van der Waals surface area (Å²) in [5, 5.41) is 2.91. The van der Waals surface area contributed by atoms with E-state index in [1.807, 2.05) is 0 Å². The molecule has 0 atom stereocenters. The quantitative estimate of drug-likeness (QED) is 0.756. The number of furan rings is 1. The van der Waals surface area contributed by atoms with Crippen LogP contribution in [0.25, 0.3) is 0 Å². The summed E-state index contributed by atoms with van der Waals surface area (Å²) < 4.78 is 43.6. The Hall–Kier alpha value is -1.08. The van der Waals surface area contributed by atoms with Crippen molar-refractivity contribution in [1.29, 1.82) is 0 Å². The predicted octanol–water partition coefficient (Wildman–Crippen LogP) is 5.25. The van der Waals surface area contributed by atoms with Crippen LogP contribution in [0.5, 0.6) is 0 Å². The van der Waals surface area contributed by atoms with Gasteiger partial charge in [0.1, 0.15) is 17.3 Å². The zero-order valence-electron chi connectivity index (χ0n) is 10.2. The number of hydrogen-bond acceptors (Lipinski definition) is 3. The van der Waals surface area contributed by atoms with Crippen molar-refractivity contribution in [1.82, 2.24) is 0 Å². The molecule has 0 spiro atoms. The van der Waals surface area contributed by atoms with Crippen LogP contribution in [-0.2, 0) is 12.3 Å². The van der Waals surface area contributed by atoms with Gasteiger partial charge in [0, 0.05) is 4.47 Å². The maximum absolute atomic E-state index is 13.6. The first kappa shape index (κ1) is 15.3. The molecule has 108 valence electrons. The lowest BCUT2D eigenvalue weighted by Gasteiger charge is -2.07. The number of rotatable bonds is 6. The van der Waals surface area contributed by atoms with Gasteiger partial charge < -0.3 is 9.73 Å². The van der Waals surface area contributed by atoms with Gasteiger partial charge in [0.2, 0.25) is 0 Å². The van der Waals surface area contributed by atoms with E-state index in [4.69, 9.17) is 4.42 Å². The van der Waals surface area contributed by atoms with Crippen LogP contribution in [0.15, 0.2) is 39.2 Å². The molecule has 20 heavy (non-hydrogen) atoms. The molecule has 1 aromatic heterocycles. The fourth-order valence-corrected chi connectivity index (χ4v) is 2.51. The molecule has 1 N–H and O–H groups in total. The van der Waals surface area contributed by atoms with E-state index >= 15 is 0 Å². The van der Waals surface area contributed by atoms with E-state index in [0.29, 0.717) is 33.4 Å². The van der Waals surface area contributed by atoms with Crippen molar-refractivity contribution >= 4 is 33.4 Å². The molecule has 0 aliphatic rings. The van der Waals surface area contributed by atoms with E-state index in [2.05, 4.69) is 21.2 Å². The van der Waals surface area contributed by atoms with Crippen LogP contribution in [0.3, 0.4) is 0 Å². The number of benzene rings is 1. The van der Waals surface area contributed by atoms with Crippen LogP contribution >= 0.6 is 27.7 Å². The fourth-order valence-electron chi connectivity index (χ4n) is 1.58. The number of thioether (sulfide) groups is 1. The highest BCUT2D eigenvalue weighted by Gasteiger charge is 2.09. The average Bonchev–Trinajstić information content (AvgIpc) is 2.84. The summed E-state index contributed by atoms with van der Waals surface area (Å²) >= 11 is 3.75. The van der Waals surface area contributed by atoms with Crippen molar-refractivity contribution < 1.29 is 17.6 Å². The Morgan fingerprint density at radius 2 is 1.95 bits per heavy atom. The molecule has 0 fully saturated rings. The van der Waals surface area contributed by atoms with Crippen molar-refractivity contribution in [2.45, 2.75) is 18.1 Å². The zero-order chi connectivity index (χ0) is 14.5. The lowest BCUT2D eigenvalue weighted by Crippen LogP contribution is -2.01. The Kier molecular flexibility index (Phi) is 5.42. The van der Waals surface area contributed by atoms with Gasteiger partial charge >= 0.3 is 0 Å². The van der Waals surface area contributed by atoms with Gasteiger partial charge in [-0.25, -0.2) is 4.39 Å². The van der Waals surface area contributed by atoms with E-state index < -0.39 is 5.76 Å². The van der Waals surface area contributed by atoms with Gasteiger partial charge in [-0.3, -0.25) is 0 Å². The summed E-state index contributed by atoms with van der Waals surface area (Å²) in [7, 11) is 0. The summed E-state index contributed by atoms with van der Waals surface area (Å²) in [6.45, 7) is 0.277. The summed E-state index contributed by atoms with van der Waals surface area (Å²) in [5.74, 6) is -1.65. The molecular weight excluding hydrogens is 355 g/mol. The van der Waals surface area contributed by atoms with Gasteiger partial charge in [-0.15, -0.1) is 0 Å². The van der Waals surface area contributed by atoms with E-state index in [9.17, 15) is 13.2 Å². The third kappa shape index (κ3) is 4.21. The average molecular weight is 366 g/mol. The number of hydrogen-bond donors (Lipinski definition) is 1. The topological polar surface area (TPSA) is 25.2 Å². The summed E-state index contributed by atoms with van der Waals surface area (Å²) in [5.41, 5.74) is 0.340. The van der Waals surface area contributed by atoms with Crippen LogP contribution in [0.4, 0.5) is 18.9 Å². The van der Waals surface area contributed by atoms with Gasteiger partial charge in [-0.05, 0) is 40.2 Å². The molecule has 0 unspecified atom stereocenters. The van der Waals surface area contributed by atoms with Gasteiger partial charge in [-0.1, -0.05) is 17.8 Å². The minimum atomic E-state index is -2.42. The van der Waals surface area contributed by atoms with Crippen LogP contribution in [0, 0.1) is 5.82 Å². The molecule has 1 aromatic carbocycles. The molecule has 0 saturated carbocycles. The van der Waals surface area contributed by atoms with E-state index in [-0.39, 0.29) is 18.1 Å². The minimum absolute atomic E-state index is 0.112. The van der Waals surface area contributed by atoms with Gasteiger partial charge in [0.25, 0.3) is 5.76 Å². The highest BCUT2D eigenvalue weighted by molar-refractivity contribution is 9.10. The Bertz CT molecular complexity index is 556. The van der Waals surface area contributed by atoms with Crippen LogP contribution in [-0.4, -0.2) is 5.76 Å². The Balaban J connectivity index is 1.94. The summed E-state index contributed by atoms with van der Waals surface area (Å²) in [4.78, 5) is 0. The lowest BCUT2D eigenvalue weighted by atomic mass is 10.3. The first-order valence-corrected chi connectivity index (χ1v) is 7.55. The van der Waals surface area contributed by atoms with Gasteiger partial charge in [0.05, 0.1) is 18.0 Å². The SMILES string of the molecule is Fc1cccc(Br)c1NCc1ccc(CSC(F)F)o1. The Morgan fingerprint density at radius 3 is 2.65 bits per heavy atom. The van der Waals surface area contributed by atoms with Crippen molar-refractivity contribution in [3.63, 3.8) is 0 Å². The molecular formula is C13H11BrF3NOS. The number of para-hydroxylation sites is 1. The highest BCUT2D eigenvalue weighted by atomic mass is 79.9. The second-order valence-corrected chi connectivity index (χ2v) is 5.72. The molecule has 2 aromatic rings. The largest absolute Gasteiger partial charge is 0.463 e. The van der Waals surface area contributed by atoms with Crippen molar-refractivity contribution in [3.8, 4) is 0 Å². The van der Waals surface area contributed by atoms with Crippen LogP contribution < -0.4 is 5.32 Å². The highest BCUT2D eigenvalue weighted by Crippen LogP contribution is 2.26. The smallest absolute Gasteiger partial charge is 0.284 e. The molecule has 0 radical (unpaired) electrons.